The first-order chi connectivity index (χ1) is 9.95. The third-order valence-corrected chi connectivity index (χ3v) is 3.07. The van der Waals surface area contributed by atoms with E-state index in [0.717, 1.165) is 12.8 Å². The number of anilines is 1. The second-order valence-electron chi connectivity index (χ2n) is 5.31. The molecule has 1 amide bonds. The van der Waals surface area contributed by atoms with E-state index in [-0.39, 0.29) is 11.6 Å². The molecule has 116 valence electrons. The van der Waals surface area contributed by atoms with Crippen molar-refractivity contribution in [3.05, 3.63) is 33.9 Å². The zero-order valence-corrected chi connectivity index (χ0v) is 12.8. The van der Waals surface area contributed by atoms with Crippen molar-refractivity contribution in [2.24, 2.45) is 5.92 Å². The summed E-state index contributed by atoms with van der Waals surface area (Å²) in [6.45, 7) is 7.27. The average Bonchev–Trinajstić information content (AvgIpc) is 2.43. The van der Waals surface area contributed by atoms with E-state index in [4.69, 9.17) is 0 Å². The van der Waals surface area contributed by atoms with Crippen molar-refractivity contribution in [2.45, 2.75) is 33.6 Å². The Balaban J connectivity index is 2.83. The standard InChI is InChI=1S/C15H23N3O3/c1-4-16-15(19)12-7-8-14(18(20)21)13(10-12)17-9-5-6-11(2)3/h7-8,10-11,17H,4-6,9H2,1-3H3,(H,16,19). The van der Waals surface area contributed by atoms with Crippen molar-refractivity contribution in [3.63, 3.8) is 0 Å². The second-order valence-corrected chi connectivity index (χ2v) is 5.31. The van der Waals surface area contributed by atoms with Crippen molar-refractivity contribution in [1.29, 1.82) is 0 Å². The van der Waals surface area contributed by atoms with Crippen LogP contribution in [0.15, 0.2) is 18.2 Å². The van der Waals surface area contributed by atoms with Crippen LogP contribution in [0.25, 0.3) is 0 Å². The number of nitro benzene ring substituents is 1. The maximum atomic E-state index is 11.8. The van der Waals surface area contributed by atoms with E-state index in [1.54, 1.807) is 6.07 Å². The zero-order valence-electron chi connectivity index (χ0n) is 12.8. The Morgan fingerprint density at radius 1 is 1.38 bits per heavy atom. The highest BCUT2D eigenvalue weighted by atomic mass is 16.6. The molecule has 0 aromatic heterocycles. The van der Waals surface area contributed by atoms with E-state index in [2.05, 4.69) is 24.5 Å². The molecule has 0 saturated heterocycles. The van der Waals surface area contributed by atoms with Crippen LogP contribution < -0.4 is 10.6 Å². The lowest BCUT2D eigenvalue weighted by atomic mass is 10.1. The molecule has 0 atom stereocenters. The second kappa shape index (κ2) is 8.24. The molecular formula is C15H23N3O3. The SMILES string of the molecule is CCNC(=O)c1ccc([N+](=O)[O-])c(NCCCC(C)C)c1. The van der Waals surface area contributed by atoms with Crippen LogP contribution in [0.5, 0.6) is 0 Å². The van der Waals surface area contributed by atoms with Gasteiger partial charge in [-0.3, -0.25) is 14.9 Å². The molecule has 0 unspecified atom stereocenters. The van der Waals surface area contributed by atoms with E-state index in [9.17, 15) is 14.9 Å². The summed E-state index contributed by atoms with van der Waals surface area (Å²) >= 11 is 0. The molecule has 0 saturated carbocycles. The maximum absolute atomic E-state index is 11.8. The molecule has 0 aliphatic carbocycles. The van der Waals surface area contributed by atoms with E-state index < -0.39 is 4.92 Å². The van der Waals surface area contributed by atoms with Crippen molar-refractivity contribution in [3.8, 4) is 0 Å². The summed E-state index contributed by atoms with van der Waals surface area (Å²) in [6, 6.07) is 4.39. The Kier molecular flexibility index (Phi) is 6.65. The van der Waals surface area contributed by atoms with Gasteiger partial charge in [-0.15, -0.1) is 0 Å². The quantitative estimate of drug-likeness (QED) is 0.438. The molecule has 6 nitrogen and oxygen atoms in total. The van der Waals surface area contributed by atoms with Gasteiger partial charge in [0.2, 0.25) is 0 Å². The molecule has 1 aromatic carbocycles. The summed E-state index contributed by atoms with van der Waals surface area (Å²) < 4.78 is 0. The topological polar surface area (TPSA) is 84.3 Å². The Bertz CT molecular complexity index is 501. The number of nitrogens with zero attached hydrogens (tertiary/aromatic N) is 1. The minimum atomic E-state index is -0.438. The Labute approximate surface area is 125 Å². The summed E-state index contributed by atoms with van der Waals surface area (Å²) in [7, 11) is 0. The third kappa shape index (κ3) is 5.41. The van der Waals surface area contributed by atoms with Crippen molar-refractivity contribution < 1.29 is 9.72 Å². The van der Waals surface area contributed by atoms with Crippen molar-refractivity contribution >= 4 is 17.3 Å². The molecule has 0 aliphatic rings. The summed E-state index contributed by atoms with van der Waals surface area (Å²) in [5.74, 6) is 0.376. The monoisotopic (exact) mass is 293 g/mol. The number of benzene rings is 1. The van der Waals surface area contributed by atoms with Gasteiger partial charge >= 0.3 is 0 Å². The fourth-order valence-electron chi connectivity index (χ4n) is 1.97. The molecule has 6 heteroatoms. The molecular weight excluding hydrogens is 270 g/mol. The van der Waals surface area contributed by atoms with Crippen LogP contribution in [-0.2, 0) is 0 Å². The van der Waals surface area contributed by atoms with Gasteiger partial charge in [-0.2, -0.15) is 0 Å². The molecule has 21 heavy (non-hydrogen) atoms. The van der Waals surface area contributed by atoms with Gasteiger partial charge in [0, 0.05) is 24.7 Å². The molecule has 1 rings (SSSR count). The molecule has 0 radical (unpaired) electrons. The molecule has 0 heterocycles. The van der Waals surface area contributed by atoms with Crippen LogP contribution in [-0.4, -0.2) is 23.9 Å². The number of nitrogens with one attached hydrogen (secondary N) is 2. The highest BCUT2D eigenvalue weighted by Crippen LogP contribution is 2.25. The number of amides is 1. The molecule has 2 N–H and O–H groups in total. The zero-order chi connectivity index (χ0) is 15.8. The number of nitro groups is 1. The van der Waals surface area contributed by atoms with Crippen LogP contribution in [0.1, 0.15) is 44.0 Å². The Hall–Kier alpha value is -2.11. The summed E-state index contributed by atoms with van der Waals surface area (Å²) in [5, 5.41) is 16.8. The maximum Gasteiger partial charge on any atom is 0.292 e. The minimum Gasteiger partial charge on any atom is -0.379 e. The Morgan fingerprint density at radius 2 is 2.10 bits per heavy atom. The van der Waals surface area contributed by atoms with Gasteiger partial charge in [0.1, 0.15) is 5.69 Å². The van der Waals surface area contributed by atoms with Crippen molar-refractivity contribution in [1.82, 2.24) is 5.32 Å². The van der Waals surface area contributed by atoms with Gasteiger partial charge in [-0.05, 0) is 37.8 Å². The summed E-state index contributed by atoms with van der Waals surface area (Å²) in [6.07, 6.45) is 1.98. The molecule has 0 bridgehead atoms. The Morgan fingerprint density at radius 3 is 2.67 bits per heavy atom. The number of carbonyl (C=O) groups is 1. The molecule has 0 aliphatic heterocycles. The highest BCUT2D eigenvalue weighted by molar-refractivity contribution is 5.95. The first-order valence-electron chi connectivity index (χ1n) is 7.26. The van der Waals surface area contributed by atoms with Gasteiger partial charge in [-0.1, -0.05) is 13.8 Å². The number of hydrogen-bond donors (Lipinski definition) is 2. The van der Waals surface area contributed by atoms with Crippen LogP contribution in [0, 0.1) is 16.0 Å². The predicted molar refractivity (Wildman–Crippen MR) is 83.7 cm³/mol. The van der Waals surface area contributed by atoms with Gasteiger partial charge < -0.3 is 10.6 Å². The fraction of sp³-hybridized carbons (Fsp3) is 0.533. The highest BCUT2D eigenvalue weighted by Gasteiger charge is 2.16. The van der Waals surface area contributed by atoms with Gasteiger partial charge in [0.25, 0.3) is 11.6 Å². The van der Waals surface area contributed by atoms with Gasteiger partial charge in [0.05, 0.1) is 4.92 Å². The lowest BCUT2D eigenvalue weighted by Gasteiger charge is -2.10. The van der Waals surface area contributed by atoms with Crippen LogP contribution in [0.2, 0.25) is 0 Å². The first-order valence-corrected chi connectivity index (χ1v) is 7.26. The largest absolute Gasteiger partial charge is 0.379 e. The summed E-state index contributed by atoms with van der Waals surface area (Å²) in [4.78, 5) is 22.4. The van der Waals surface area contributed by atoms with E-state index in [1.807, 2.05) is 6.92 Å². The van der Waals surface area contributed by atoms with Gasteiger partial charge in [-0.25, -0.2) is 0 Å². The smallest absolute Gasteiger partial charge is 0.292 e. The number of rotatable bonds is 8. The van der Waals surface area contributed by atoms with E-state index >= 15 is 0 Å². The number of carbonyl (C=O) groups excluding carboxylic acids is 1. The number of hydrogen-bond acceptors (Lipinski definition) is 4. The average molecular weight is 293 g/mol. The lowest BCUT2D eigenvalue weighted by molar-refractivity contribution is -0.384. The predicted octanol–water partition coefficient (Wildman–Crippen LogP) is 3.19. The normalized spacial score (nSPS) is 10.5. The van der Waals surface area contributed by atoms with Crippen LogP contribution in [0.4, 0.5) is 11.4 Å². The third-order valence-electron chi connectivity index (χ3n) is 3.07. The van der Waals surface area contributed by atoms with Crippen molar-refractivity contribution in [2.75, 3.05) is 18.4 Å². The first kappa shape index (κ1) is 16.9. The molecule has 1 aromatic rings. The lowest BCUT2D eigenvalue weighted by Crippen LogP contribution is -2.22. The van der Waals surface area contributed by atoms with Crippen LogP contribution in [0.3, 0.4) is 0 Å². The van der Waals surface area contributed by atoms with Crippen LogP contribution >= 0.6 is 0 Å². The molecule has 0 fully saturated rings. The van der Waals surface area contributed by atoms with E-state index in [0.29, 0.717) is 30.3 Å². The fourth-order valence-corrected chi connectivity index (χ4v) is 1.97. The summed E-state index contributed by atoms with van der Waals surface area (Å²) in [5.41, 5.74) is 0.814. The molecule has 0 spiro atoms. The van der Waals surface area contributed by atoms with E-state index in [1.165, 1.54) is 12.1 Å². The van der Waals surface area contributed by atoms with Gasteiger partial charge in [0.15, 0.2) is 0 Å². The minimum absolute atomic E-state index is 0.00686.